The molecule has 0 aliphatic carbocycles. The maximum Gasteiger partial charge on any atom is 0.254 e. The standard InChI is InChI=1S/C10H14N2O3/c13-9-5-10(12-7-11-9)15-6-8-1-3-14-4-2-8/h5,7-8H,1-4,6H2,(H,11,12,13). The average Bonchev–Trinajstić information content (AvgIpc) is 2.28. The summed E-state index contributed by atoms with van der Waals surface area (Å²) in [6, 6.07) is 1.36. The number of ether oxygens (including phenoxy) is 2. The average molecular weight is 210 g/mol. The fourth-order valence-corrected chi connectivity index (χ4v) is 1.55. The summed E-state index contributed by atoms with van der Waals surface area (Å²) >= 11 is 0. The van der Waals surface area contributed by atoms with E-state index in [0.29, 0.717) is 18.4 Å². The second-order valence-electron chi connectivity index (χ2n) is 3.62. The van der Waals surface area contributed by atoms with Crippen molar-refractivity contribution in [3.63, 3.8) is 0 Å². The van der Waals surface area contributed by atoms with Crippen molar-refractivity contribution in [1.82, 2.24) is 9.97 Å². The van der Waals surface area contributed by atoms with Crippen LogP contribution >= 0.6 is 0 Å². The van der Waals surface area contributed by atoms with E-state index in [2.05, 4.69) is 9.97 Å². The molecule has 1 fully saturated rings. The summed E-state index contributed by atoms with van der Waals surface area (Å²) in [4.78, 5) is 17.3. The molecule has 1 aromatic heterocycles. The molecule has 0 radical (unpaired) electrons. The van der Waals surface area contributed by atoms with Gasteiger partial charge in [0.05, 0.1) is 19.0 Å². The first-order valence-corrected chi connectivity index (χ1v) is 5.10. The Morgan fingerprint density at radius 3 is 3.07 bits per heavy atom. The summed E-state index contributed by atoms with van der Waals surface area (Å²) in [6.45, 7) is 2.22. The van der Waals surface area contributed by atoms with Crippen molar-refractivity contribution in [2.24, 2.45) is 5.92 Å². The van der Waals surface area contributed by atoms with Crippen LogP contribution in [-0.4, -0.2) is 29.8 Å². The van der Waals surface area contributed by atoms with E-state index in [4.69, 9.17) is 9.47 Å². The van der Waals surface area contributed by atoms with Gasteiger partial charge in [-0.3, -0.25) is 4.79 Å². The molecule has 0 bridgehead atoms. The minimum Gasteiger partial charge on any atom is -0.477 e. The van der Waals surface area contributed by atoms with Gasteiger partial charge in [0.2, 0.25) is 5.88 Å². The molecule has 0 amide bonds. The third-order valence-electron chi connectivity index (χ3n) is 2.46. The minimum atomic E-state index is -0.188. The van der Waals surface area contributed by atoms with Crippen LogP contribution in [0.3, 0.4) is 0 Å². The van der Waals surface area contributed by atoms with Gasteiger partial charge in [-0.2, -0.15) is 0 Å². The molecule has 15 heavy (non-hydrogen) atoms. The van der Waals surface area contributed by atoms with Crippen molar-refractivity contribution in [3.8, 4) is 5.88 Å². The Bertz CT molecular complexity index is 358. The van der Waals surface area contributed by atoms with Crippen LogP contribution in [0.1, 0.15) is 12.8 Å². The molecule has 1 N–H and O–H groups in total. The van der Waals surface area contributed by atoms with Crippen molar-refractivity contribution in [1.29, 1.82) is 0 Å². The zero-order valence-corrected chi connectivity index (χ0v) is 8.44. The van der Waals surface area contributed by atoms with E-state index >= 15 is 0 Å². The van der Waals surface area contributed by atoms with Gasteiger partial charge in [-0.1, -0.05) is 0 Å². The van der Waals surface area contributed by atoms with E-state index < -0.39 is 0 Å². The van der Waals surface area contributed by atoms with Crippen molar-refractivity contribution in [2.75, 3.05) is 19.8 Å². The van der Waals surface area contributed by atoms with E-state index in [1.807, 2.05) is 0 Å². The van der Waals surface area contributed by atoms with Gasteiger partial charge in [0.25, 0.3) is 5.56 Å². The van der Waals surface area contributed by atoms with Gasteiger partial charge in [0.1, 0.15) is 0 Å². The van der Waals surface area contributed by atoms with Crippen molar-refractivity contribution in [2.45, 2.75) is 12.8 Å². The Kier molecular flexibility index (Phi) is 3.34. The van der Waals surface area contributed by atoms with Crippen molar-refractivity contribution < 1.29 is 9.47 Å². The van der Waals surface area contributed by atoms with Gasteiger partial charge >= 0.3 is 0 Å². The summed E-state index contributed by atoms with van der Waals surface area (Å²) in [6.07, 6.45) is 3.38. The van der Waals surface area contributed by atoms with E-state index in [9.17, 15) is 4.79 Å². The minimum absolute atomic E-state index is 0.188. The molecular weight excluding hydrogens is 196 g/mol. The first-order chi connectivity index (χ1) is 7.34. The predicted octanol–water partition coefficient (Wildman–Crippen LogP) is 0.575. The molecular formula is C10H14N2O3. The molecule has 2 rings (SSSR count). The zero-order valence-electron chi connectivity index (χ0n) is 8.44. The predicted molar refractivity (Wildman–Crippen MR) is 53.9 cm³/mol. The summed E-state index contributed by atoms with van der Waals surface area (Å²) in [5, 5.41) is 0. The lowest BCUT2D eigenvalue weighted by Crippen LogP contribution is -2.22. The molecule has 0 aromatic carbocycles. The Balaban J connectivity index is 1.84. The van der Waals surface area contributed by atoms with Crippen LogP contribution in [0.15, 0.2) is 17.2 Å². The molecule has 82 valence electrons. The summed E-state index contributed by atoms with van der Waals surface area (Å²) in [7, 11) is 0. The molecule has 0 spiro atoms. The number of aromatic nitrogens is 2. The molecule has 5 nitrogen and oxygen atoms in total. The second kappa shape index (κ2) is 4.93. The normalized spacial score (nSPS) is 17.6. The van der Waals surface area contributed by atoms with Gasteiger partial charge in [0, 0.05) is 13.2 Å². The lowest BCUT2D eigenvalue weighted by atomic mass is 10.0. The molecule has 0 atom stereocenters. The number of nitrogens with zero attached hydrogens (tertiary/aromatic N) is 1. The molecule has 0 saturated carbocycles. The highest BCUT2D eigenvalue weighted by atomic mass is 16.5. The molecule has 2 heterocycles. The Morgan fingerprint density at radius 1 is 1.53 bits per heavy atom. The van der Waals surface area contributed by atoms with Crippen LogP contribution in [0.25, 0.3) is 0 Å². The lowest BCUT2D eigenvalue weighted by molar-refractivity contribution is 0.0490. The Labute approximate surface area is 87.4 Å². The number of hydrogen-bond donors (Lipinski definition) is 1. The van der Waals surface area contributed by atoms with E-state index in [-0.39, 0.29) is 5.56 Å². The Morgan fingerprint density at radius 2 is 2.33 bits per heavy atom. The highest BCUT2D eigenvalue weighted by molar-refractivity contribution is 5.04. The fraction of sp³-hybridized carbons (Fsp3) is 0.600. The van der Waals surface area contributed by atoms with Crippen LogP contribution in [0, 0.1) is 5.92 Å². The third kappa shape index (κ3) is 3.06. The van der Waals surface area contributed by atoms with Gasteiger partial charge < -0.3 is 14.5 Å². The first-order valence-electron chi connectivity index (χ1n) is 5.10. The summed E-state index contributed by atoms with van der Waals surface area (Å²) < 4.78 is 10.7. The van der Waals surface area contributed by atoms with Gasteiger partial charge in [-0.05, 0) is 18.8 Å². The first kappa shape index (κ1) is 10.2. The van der Waals surface area contributed by atoms with Crippen molar-refractivity contribution in [3.05, 3.63) is 22.7 Å². The molecule has 1 aliphatic rings. The number of hydrogen-bond acceptors (Lipinski definition) is 4. The van der Waals surface area contributed by atoms with Crippen LogP contribution in [0.4, 0.5) is 0 Å². The number of rotatable bonds is 3. The van der Waals surface area contributed by atoms with Crippen LogP contribution < -0.4 is 10.3 Å². The van der Waals surface area contributed by atoms with Gasteiger partial charge in [0.15, 0.2) is 0 Å². The molecule has 5 heteroatoms. The van der Waals surface area contributed by atoms with Crippen LogP contribution in [0.5, 0.6) is 5.88 Å². The second-order valence-corrected chi connectivity index (χ2v) is 3.62. The van der Waals surface area contributed by atoms with E-state index in [0.717, 1.165) is 26.1 Å². The number of H-pyrrole nitrogens is 1. The summed E-state index contributed by atoms with van der Waals surface area (Å²) in [5.41, 5.74) is -0.188. The maximum atomic E-state index is 10.9. The van der Waals surface area contributed by atoms with Crippen molar-refractivity contribution >= 4 is 0 Å². The fourth-order valence-electron chi connectivity index (χ4n) is 1.55. The summed E-state index contributed by atoms with van der Waals surface area (Å²) in [5.74, 6) is 0.907. The molecule has 1 saturated heterocycles. The molecule has 1 aromatic rings. The topological polar surface area (TPSA) is 64.2 Å². The number of nitrogens with one attached hydrogen (secondary N) is 1. The Hall–Kier alpha value is -1.36. The van der Waals surface area contributed by atoms with Crippen LogP contribution in [-0.2, 0) is 4.74 Å². The molecule has 1 aliphatic heterocycles. The van der Waals surface area contributed by atoms with Crippen LogP contribution in [0.2, 0.25) is 0 Å². The van der Waals surface area contributed by atoms with E-state index in [1.54, 1.807) is 0 Å². The maximum absolute atomic E-state index is 10.9. The van der Waals surface area contributed by atoms with Gasteiger partial charge in [-0.25, -0.2) is 4.98 Å². The quantitative estimate of drug-likeness (QED) is 0.792. The number of aromatic amines is 1. The third-order valence-corrected chi connectivity index (χ3v) is 2.46. The van der Waals surface area contributed by atoms with E-state index in [1.165, 1.54) is 12.4 Å². The smallest absolute Gasteiger partial charge is 0.254 e. The molecule has 0 unspecified atom stereocenters. The highest BCUT2D eigenvalue weighted by Gasteiger charge is 2.14. The lowest BCUT2D eigenvalue weighted by Gasteiger charge is -2.21. The monoisotopic (exact) mass is 210 g/mol. The van der Waals surface area contributed by atoms with Gasteiger partial charge in [-0.15, -0.1) is 0 Å². The largest absolute Gasteiger partial charge is 0.477 e. The zero-order chi connectivity index (χ0) is 10.5. The SMILES string of the molecule is O=c1cc(OCC2CCOCC2)nc[nH]1. The highest BCUT2D eigenvalue weighted by Crippen LogP contribution is 2.15.